The predicted octanol–water partition coefficient (Wildman–Crippen LogP) is 4.12. The Morgan fingerprint density at radius 2 is 2.11 bits per heavy atom. The number of carbonyl (C=O) groups excluding carboxylic acids is 1. The van der Waals surface area contributed by atoms with Crippen LogP contribution < -0.4 is 4.90 Å². The maximum absolute atomic E-state index is 12.0. The first-order valence-corrected chi connectivity index (χ1v) is 9.83. The molecule has 2 saturated carbocycles. The molecular formula is C23H21N3O. The third-order valence-electron chi connectivity index (χ3n) is 6.91. The number of hydrogen-bond acceptors (Lipinski definition) is 4. The van der Waals surface area contributed by atoms with Crippen LogP contribution in [0.4, 0.5) is 11.4 Å². The molecule has 134 valence electrons. The predicted molar refractivity (Wildman–Crippen MR) is 106 cm³/mol. The number of hydrogen-bond donors (Lipinski definition) is 0. The quantitative estimate of drug-likeness (QED) is 0.814. The second-order valence-corrected chi connectivity index (χ2v) is 8.34. The summed E-state index contributed by atoms with van der Waals surface area (Å²) in [6, 6.07) is 10.4. The van der Waals surface area contributed by atoms with Gasteiger partial charge in [-0.2, -0.15) is 0 Å². The Morgan fingerprint density at radius 1 is 1.22 bits per heavy atom. The van der Waals surface area contributed by atoms with Crippen LogP contribution in [-0.2, 0) is 6.42 Å². The van der Waals surface area contributed by atoms with E-state index in [-0.39, 0.29) is 5.78 Å². The molecule has 0 amide bonds. The summed E-state index contributed by atoms with van der Waals surface area (Å²) in [5, 5.41) is 0. The zero-order valence-electron chi connectivity index (χ0n) is 15.4. The monoisotopic (exact) mass is 355 g/mol. The Kier molecular flexibility index (Phi) is 2.93. The van der Waals surface area contributed by atoms with Gasteiger partial charge in [-0.05, 0) is 86.1 Å². The van der Waals surface area contributed by atoms with Gasteiger partial charge in [0.2, 0.25) is 5.78 Å². The molecule has 1 aromatic heterocycles. The van der Waals surface area contributed by atoms with E-state index in [1.807, 2.05) is 12.1 Å². The summed E-state index contributed by atoms with van der Waals surface area (Å²) in [5.41, 5.74) is 6.28. The van der Waals surface area contributed by atoms with Crippen molar-refractivity contribution >= 4 is 22.9 Å². The zero-order valence-corrected chi connectivity index (χ0v) is 15.4. The van der Waals surface area contributed by atoms with Crippen molar-refractivity contribution in [3.63, 3.8) is 0 Å². The Hall–Kier alpha value is -2.75. The highest BCUT2D eigenvalue weighted by Gasteiger charge is 2.76. The van der Waals surface area contributed by atoms with Crippen molar-refractivity contribution in [2.45, 2.75) is 31.7 Å². The molecule has 0 radical (unpaired) electrons. The van der Waals surface area contributed by atoms with Crippen LogP contribution >= 0.6 is 0 Å². The molecule has 2 atom stereocenters. The third kappa shape index (κ3) is 2.13. The van der Waals surface area contributed by atoms with Gasteiger partial charge in [-0.25, -0.2) is 4.99 Å². The topological polar surface area (TPSA) is 45.6 Å². The molecule has 1 aliphatic heterocycles. The Bertz CT molecular complexity index is 1040. The Balaban J connectivity index is 1.38. The van der Waals surface area contributed by atoms with Gasteiger partial charge < -0.3 is 4.90 Å². The van der Waals surface area contributed by atoms with Crippen LogP contribution in [0.3, 0.4) is 0 Å². The first-order chi connectivity index (χ1) is 13.2. The van der Waals surface area contributed by atoms with Gasteiger partial charge in [0.25, 0.3) is 0 Å². The van der Waals surface area contributed by atoms with Crippen LogP contribution in [0.2, 0.25) is 0 Å². The highest BCUT2D eigenvalue weighted by atomic mass is 16.1. The van der Waals surface area contributed by atoms with Crippen molar-refractivity contribution < 1.29 is 4.79 Å². The van der Waals surface area contributed by atoms with Crippen molar-refractivity contribution in [1.82, 2.24) is 4.98 Å². The van der Waals surface area contributed by atoms with Crippen molar-refractivity contribution in [3.8, 4) is 0 Å². The second-order valence-electron chi connectivity index (χ2n) is 8.34. The number of rotatable bonds is 2. The fourth-order valence-corrected chi connectivity index (χ4v) is 5.11. The SMILES string of the molecule is CC1(N2CCCc3cc(/N=C4\C=CC(=O)c5ncccc54)ccc32)C2CC21. The van der Waals surface area contributed by atoms with Gasteiger partial charge in [0, 0.05) is 29.5 Å². The average Bonchev–Trinajstić information content (AvgIpc) is 3.61. The number of fused-ring (bicyclic) bond motifs is 3. The van der Waals surface area contributed by atoms with E-state index in [1.54, 1.807) is 18.3 Å². The van der Waals surface area contributed by atoms with E-state index in [0.29, 0.717) is 11.2 Å². The maximum atomic E-state index is 12.0. The van der Waals surface area contributed by atoms with Gasteiger partial charge in [0.1, 0.15) is 5.69 Å². The summed E-state index contributed by atoms with van der Waals surface area (Å²) in [6.07, 6.45) is 8.77. The van der Waals surface area contributed by atoms with Crippen molar-refractivity contribution in [1.29, 1.82) is 0 Å². The molecule has 2 fully saturated rings. The van der Waals surface area contributed by atoms with Crippen molar-refractivity contribution in [3.05, 3.63) is 65.5 Å². The molecule has 3 aliphatic carbocycles. The minimum atomic E-state index is -0.0538. The lowest BCUT2D eigenvalue weighted by Gasteiger charge is -2.40. The Labute approximate surface area is 158 Å². The molecule has 2 unspecified atom stereocenters. The number of carbonyl (C=O) groups is 1. The van der Waals surface area contributed by atoms with Crippen LogP contribution in [0.5, 0.6) is 0 Å². The van der Waals surface area contributed by atoms with E-state index < -0.39 is 0 Å². The molecule has 27 heavy (non-hydrogen) atoms. The summed E-state index contributed by atoms with van der Waals surface area (Å²) >= 11 is 0. The molecule has 2 aromatic rings. The highest BCUT2D eigenvalue weighted by molar-refractivity contribution is 6.23. The Morgan fingerprint density at radius 3 is 2.93 bits per heavy atom. The van der Waals surface area contributed by atoms with E-state index >= 15 is 0 Å². The standard InChI is InChI=1S/C23H21N3O/c1-23(17-13-18(17)23)26-11-3-4-14-12-15(6-8-20(14)26)25-19-7-9-21(27)22-16(19)5-2-10-24-22/h2,5-10,12,17-18H,3-4,11,13H2,1H3/b25-19+. The fourth-order valence-electron chi connectivity index (χ4n) is 5.11. The van der Waals surface area contributed by atoms with Gasteiger partial charge in [-0.1, -0.05) is 0 Å². The molecule has 0 saturated heterocycles. The van der Waals surface area contributed by atoms with Crippen LogP contribution in [0, 0.1) is 11.8 Å². The molecule has 6 rings (SSSR count). The molecule has 1 aromatic carbocycles. The van der Waals surface area contributed by atoms with Crippen LogP contribution in [-0.4, -0.2) is 28.6 Å². The molecular weight excluding hydrogens is 334 g/mol. The first kappa shape index (κ1) is 15.3. The van der Waals surface area contributed by atoms with Gasteiger partial charge in [-0.3, -0.25) is 9.78 Å². The third-order valence-corrected chi connectivity index (χ3v) is 6.91. The van der Waals surface area contributed by atoms with E-state index in [9.17, 15) is 4.79 Å². The fraction of sp³-hybridized carbons (Fsp3) is 0.348. The van der Waals surface area contributed by atoms with Gasteiger partial charge >= 0.3 is 0 Å². The zero-order chi connectivity index (χ0) is 18.2. The lowest BCUT2D eigenvalue weighted by atomic mass is 9.95. The van der Waals surface area contributed by atoms with Crippen molar-refractivity contribution in [2.75, 3.05) is 11.4 Å². The van der Waals surface area contributed by atoms with Crippen molar-refractivity contribution in [2.24, 2.45) is 16.8 Å². The largest absolute Gasteiger partial charge is 0.365 e. The first-order valence-electron chi connectivity index (χ1n) is 9.83. The number of aryl methyl sites for hydroxylation is 1. The summed E-state index contributed by atoms with van der Waals surface area (Å²) in [4.78, 5) is 23.8. The highest BCUT2D eigenvalue weighted by Crippen LogP contribution is 2.74. The average molecular weight is 355 g/mol. The number of pyridine rings is 1. The number of nitrogens with zero attached hydrogens (tertiary/aromatic N) is 3. The number of ketones is 1. The molecule has 4 aliphatic rings. The van der Waals surface area contributed by atoms with E-state index in [0.717, 1.165) is 35.2 Å². The lowest BCUT2D eigenvalue weighted by Crippen LogP contribution is -2.43. The second kappa shape index (κ2) is 5.16. The number of aliphatic imine (C=N–C) groups is 1. The van der Waals surface area contributed by atoms with Crippen LogP contribution in [0.25, 0.3) is 0 Å². The van der Waals surface area contributed by atoms with Gasteiger partial charge in [-0.15, -0.1) is 0 Å². The summed E-state index contributed by atoms with van der Waals surface area (Å²) in [7, 11) is 0. The van der Waals surface area contributed by atoms with E-state index in [2.05, 4.69) is 35.0 Å². The van der Waals surface area contributed by atoms with E-state index in [1.165, 1.54) is 30.6 Å². The van der Waals surface area contributed by atoms with Gasteiger partial charge in [0.05, 0.1) is 11.4 Å². The number of anilines is 1. The normalized spacial score (nSPS) is 31.4. The maximum Gasteiger partial charge on any atom is 0.204 e. The van der Waals surface area contributed by atoms with E-state index in [4.69, 9.17) is 4.99 Å². The molecule has 4 heteroatoms. The summed E-state index contributed by atoms with van der Waals surface area (Å²) < 4.78 is 0. The minimum Gasteiger partial charge on any atom is -0.365 e. The summed E-state index contributed by atoms with van der Waals surface area (Å²) in [6.45, 7) is 3.61. The minimum absolute atomic E-state index is 0.0538. The lowest BCUT2D eigenvalue weighted by molar-refractivity contribution is 0.104. The molecule has 4 nitrogen and oxygen atoms in total. The number of allylic oxidation sites excluding steroid dienone is 2. The molecule has 0 N–H and O–H groups in total. The molecule has 0 spiro atoms. The van der Waals surface area contributed by atoms with Crippen LogP contribution in [0.1, 0.15) is 41.4 Å². The molecule has 2 heterocycles. The summed E-state index contributed by atoms with van der Waals surface area (Å²) in [5.74, 6) is 1.80. The number of aromatic nitrogens is 1. The van der Waals surface area contributed by atoms with Gasteiger partial charge in [0.15, 0.2) is 0 Å². The number of benzene rings is 1. The molecule has 0 bridgehead atoms. The van der Waals surface area contributed by atoms with Crippen LogP contribution in [0.15, 0.2) is 53.7 Å². The smallest absolute Gasteiger partial charge is 0.204 e.